The predicted octanol–water partition coefficient (Wildman–Crippen LogP) is 2.87. The second-order valence-corrected chi connectivity index (χ2v) is 5.29. The zero-order valence-electron chi connectivity index (χ0n) is 9.36. The molecular formula is C13H18O2. The second kappa shape index (κ2) is 2.97. The lowest BCUT2D eigenvalue weighted by molar-refractivity contribution is -0.145. The van der Waals surface area contributed by atoms with Crippen LogP contribution in [0.1, 0.15) is 26.7 Å². The summed E-state index contributed by atoms with van der Waals surface area (Å²) in [5.41, 5.74) is -0.143. The highest BCUT2D eigenvalue weighted by Gasteiger charge is 2.62. The normalized spacial score (nSPS) is 47.1. The number of carboxylic acids is 1. The highest BCUT2D eigenvalue weighted by Crippen LogP contribution is 2.66. The number of allylic oxidation sites excluding steroid dienone is 3. The number of rotatable bonds is 3. The molecule has 2 bridgehead atoms. The van der Waals surface area contributed by atoms with Gasteiger partial charge in [-0.2, -0.15) is 0 Å². The molecule has 4 atom stereocenters. The number of hydrogen-bond donors (Lipinski definition) is 1. The molecule has 2 rings (SSSR count). The van der Waals surface area contributed by atoms with Crippen molar-refractivity contribution in [1.82, 2.24) is 0 Å². The van der Waals surface area contributed by atoms with E-state index in [1.807, 2.05) is 6.08 Å². The van der Waals surface area contributed by atoms with Crippen molar-refractivity contribution in [2.24, 2.45) is 22.7 Å². The van der Waals surface area contributed by atoms with Gasteiger partial charge < -0.3 is 5.11 Å². The molecule has 15 heavy (non-hydrogen) atoms. The van der Waals surface area contributed by atoms with E-state index in [4.69, 9.17) is 0 Å². The Hall–Kier alpha value is -1.05. The third-order valence-corrected chi connectivity index (χ3v) is 4.80. The number of hydrogen-bond acceptors (Lipinski definition) is 1. The van der Waals surface area contributed by atoms with Crippen LogP contribution in [0.25, 0.3) is 0 Å². The monoisotopic (exact) mass is 206 g/mol. The van der Waals surface area contributed by atoms with E-state index in [9.17, 15) is 9.90 Å². The van der Waals surface area contributed by atoms with Crippen LogP contribution in [0.2, 0.25) is 0 Å². The van der Waals surface area contributed by atoms with Gasteiger partial charge >= 0.3 is 5.97 Å². The van der Waals surface area contributed by atoms with Gasteiger partial charge in [0.15, 0.2) is 0 Å². The second-order valence-electron chi connectivity index (χ2n) is 5.29. The van der Waals surface area contributed by atoms with Crippen molar-refractivity contribution < 1.29 is 9.90 Å². The lowest BCUT2D eigenvalue weighted by Gasteiger charge is -2.39. The zero-order chi connectivity index (χ0) is 11.3. The average Bonchev–Trinajstić information content (AvgIpc) is 2.51. The molecule has 0 heterocycles. The lowest BCUT2D eigenvalue weighted by Crippen LogP contribution is -2.37. The van der Waals surface area contributed by atoms with Crippen molar-refractivity contribution in [3.8, 4) is 0 Å². The molecule has 82 valence electrons. The van der Waals surface area contributed by atoms with Gasteiger partial charge in [0, 0.05) is 5.41 Å². The molecular weight excluding hydrogens is 188 g/mol. The minimum atomic E-state index is -0.653. The highest BCUT2D eigenvalue weighted by atomic mass is 16.4. The minimum absolute atomic E-state index is 0.0534. The van der Waals surface area contributed by atoms with Crippen LogP contribution in [0.15, 0.2) is 24.8 Å². The molecule has 2 heteroatoms. The van der Waals surface area contributed by atoms with E-state index < -0.39 is 5.97 Å². The van der Waals surface area contributed by atoms with E-state index in [-0.39, 0.29) is 16.7 Å². The molecule has 0 aromatic carbocycles. The Labute approximate surface area is 90.7 Å². The maximum Gasteiger partial charge on any atom is 0.307 e. The summed E-state index contributed by atoms with van der Waals surface area (Å²) in [6, 6.07) is 0. The first-order chi connectivity index (χ1) is 6.95. The summed E-state index contributed by atoms with van der Waals surface area (Å²) in [6.07, 6.45) is 7.91. The summed E-state index contributed by atoms with van der Waals surface area (Å²) in [7, 11) is 0. The van der Waals surface area contributed by atoms with Crippen molar-refractivity contribution in [2.75, 3.05) is 0 Å². The van der Waals surface area contributed by atoms with Gasteiger partial charge in [-0.05, 0) is 24.2 Å². The van der Waals surface area contributed by atoms with Crippen molar-refractivity contribution in [1.29, 1.82) is 0 Å². The number of aliphatic carboxylic acids is 1. The number of carboxylic acid groups (broad SMARTS) is 1. The zero-order valence-corrected chi connectivity index (χ0v) is 9.36. The van der Waals surface area contributed by atoms with Crippen molar-refractivity contribution >= 4 is 5.97 Å². The molecule has 0 aromatic heterocycles. The van der Waals surface area contributed by atoms with Crippen LogP contribution in [-0.4, -0.2) is 11.1 Å². The van der Waals surface area contributed by atoms with Gasteiger partial charge in [0.25, 0.3) is 0 Å². The van der Waals surface area contributed by atoms with E-state index in [0.717, 1.165) is 12.8 Å². The van der Waals surface area contributed by atoms with Crippen LogP contribution in [0.5, 0.6) is 0 Å². The quantitative estimate of drug-likeness (QED) is 0.721. The average molecular weight is 206 g/mol. The predicted molar refractivity (Wildman–Crippen MR) is 59.4 cm³/mol. The van der Waals surface area contributed by atoms with E-state index in [0.29, 0.717) is 5.92 Å². The standard InChI is InChI=1S/C13H18O2/c1-4-6-12(2)9-5-7-13(12,3)10(8-9)11(14)15/h4-5,7,9-10H,1,6,8H2,2-3H3,(H,14,15)/t9-,10-,12+,13+/m1/s1. The molecule has 2 nitrogen and oxygen atoms in total. The summed E-state index contributed by atoms with van der Waals surface area (Å²) in [4.78, 5) is 11.2. The molecule has 0 aromatic rings. The molecule has 1 saturated carbocycles. The van der Waals surface area contributed by atoms with Gasteiger partial charge in [-0.3, -0.25) is 4.79 Å². The highest BCUT2D eigenvalue weighted by molar-refractivity contribution is 5.73. The van der Waals surface area contributed by atoms with Gasteiger partial charge in [-0.15, -0.1) is 6.58 Å². The first kappa shape index (κ1) is 10.5. The van der Waals surface area contributed by atoms with Crippen molar-refractivity contribution in [2.45, 2.75) is 26.7 Å². The van der Waals surface area contributed by atoms with Gasteiger partial charge in [0.2, 0.25) is 0 Å². The Balaban J connectivity index is 2.41. The number of fused-ring (bicyclic) bond motifs is 2. The summed E-state index contributed by atoms with van der Waals surface area (Å²) < 4.78 is 0. The molecule has 0 spiro atoms. The van der Waals surface area contributed by atoms with E-state index in [1.165, 1.54) is 0 Å². The van der Waals surface area contributed by atoms with Gasteiger partial charge in [-0.1, -0.05) is 32.1 Å². The maximum absolute atomic E-state index is 11.2. The molecule has 1 N–H and O–H groups in total. The van der Waals surface area contributed by atoms with Crippen LogP contribution in [0.3, 0.4) is 0 Å². The summed E-state index contributed by atoms with van der Waals surface area (Å²) in [6.45, 7) is 8.07. The Morgan fingerprint density at radius 3 is 2.80 bits per heavy atom. The molecule has 0 amide bonds. The Morgan fingerprint density at radius 1 is 1.67 bits per heavy atom. The van der Waals surface area contributed by atoms with Crippen molar-refractivity contribution in [3.05, 3.63) is 24.8 Å². The molecule has 0 aliphatic heterocycles. The van der Waals surface area contributed by atoms with E-state index >= 15 is 0 Å². The van der Waals surface area contributed by atoms with Gasteiger partial charge in [0.1, 0.15) is 0 Å². The van der Waals surface area contributed by atoms with Gasteiger partial charge in [-0.25, -0.2) is 0 Å². The number of carbonyl (C=O) groups is 1. The topological polar surface area (TPSA) is 37.3 Å². The Morgan fingerprint density at radius 2 is 2.33 bits per heavy atom. The summed E-state index contributed by atoms with van der Waals surface area (Å²) in [5, 5.41) is 9.24. The fourth-order valence-electron chi connectivity index (χ4n) is 3.50. The minimum Gasteiger partial charge on any atom is -0.481 e. The van der Waals surface area contributed by atoms with Crippen LogP contribution in [0.4, 0.5) is 0 Å². The fourth-order valence-corrected chi connectivity index (χ4v) is 3.50. The Kier molecular flexibility index (Phi) is 2.07. The summed E-state index contributed by atoms with van der Waals surface area (Å²) >= 11 is 0. The van der Waals surface area contributed by atoms with Crippen LogP contribution >= 0.6 is 0 Å². The van der Waals surface area contributed by atoms with E-state index in [1.54, 1.807) is 0 Å². The molecule has 0 saturated heterocycles. The molecule has 2 aliphatic rings. The Bertz CT molecular complexity index is 344. The van der Waals surface area contributed by atoms with Crippen molar-refractivity contribution in [3.63, 3.8) is 0 Å². The van der Waals surface area contributed by atoms with Crippen LogP contribution in [-0.2, 0) is 4.79 Å². The largest absolute Gasteiger partial charge is 0.481 e. The lowest BCUT2D eigenvalue weighted by atomic mass is 9.64. The van der Waals surface area contributed by atoms with Crippen LogP contribution in [0, 0.1) is 22.7 Å². The molecule has 0 unspecified atom stereocenters. The molecule has 1 fully saturated rings. The maximum atomic E-state index is 11.2. The summed E-state index contributed by atoms with van der Waals surface area (Å²) in [5.74, 6) is -0.473. The van der Waals surface area contributed by atoms with Crippen LogP contribution < -0.4 is 0 Å². The van der Waals surface area contributed by atoms with E-state index in [2.05, 4.69) is 32.6 Å². The van der Waals surface area contributed by atoms with Gasteiger partial charge in [0.05, 0.1) is 5.92 Å². The smallest absolute Gasteiger partial charge is 0.307 e. The first-order valence-electron chi connectivity index (χ1n) is 5.49. The fraction of sp³-hybridized carbons (Fsp3) is 0.615. The SMILES string of the molecule is C=CC[C@@]1(C)[C@@H]2C=C[C@@]1(C)[C@@H](C(=O)O)C2. The first-order valence-corrected chi connectivity index (χ1v) is 5.49. The third-order valence-electron chi connectivity index (χ3n) is 4.80. The molecule has 2 aliphatic carbocycles. The molecule has 0 radical (unpaired) electrons. The third kappa shape index (κ3) is 1.08.